The van der Waals surface area contributed by atoms with Gasteiger partial charge in [-0.15, -0.1) is 10.2 Å². The molecule has 6 heteroatoms. The molecule has 0 unspecified atom stereocenters. The second-order valence-electron chi connectivity index (χ2n) is 7.45. The molecule has 4 rings (SSSR count). The Morgan fingerprint density at radius 3 is 2.92 bits per heavy atom. The van der Waals surface area contributed by atoms with E-state index in [1.807, 2.05) is 6.07 Å². The van der Waals surface area contributed by atoms with Crippen molar-refractivity contribution in [3.63, 3.8) is 0 Å². The van der Waals surface area contributed by atoms with Gasteiger partial charge >= 0.3 is 5.97 Å². The highest BCUT2D eigenvalue weighted by atomic mass is 16.6. The van der Waals surface area contributed by atoms with Gasteiger partial charge in [-0.2, -0.15) is 0 Å². The molecule has 0 amide bonds. The summed E-state index contributed by atoms with van der Waals surface area (Å²) in [6.07, 6.45) is 2.15. The van der Waals surface area contributed by atoms with E-state index in [-0.39, 0.29) is 23.6 Å². The highest BCUT2D eigenvalue weighted by Gasteiger charge is 2.60. The molecule has 0 spiro atoms. The van der Waals surface area contributed by atoms with E-state index in [1.165, 1.54) is 0 Å². The van der Waals surface area contributed by atoms with Gasteiger partial charge in [-0.25, -0.2) is 4.79 Å². The molecular weight excluding hydrogens is 320 g/mol. The van der Waals surface area contributed by atoms with Gasteiger partial charge in [0.05, 0.1) is 11.7 Å². The molecule has 0 bridgehead atoms. The SMILES string of the molecule is Cc1nnc(-c2cccc(C(=O)O[C@@H]3[C@H]4CCCO[C@@H]4C3(C)C)c2)o1. The van der Waals surface area contributed by atoms with Gasteiger partial charge in [0.2, 0.25) is 11.8 Å². The van der Waals surface area contributed by atoms with Crippen molar-refractivity contribution >= 4 is 5.97 Å². The van der Waals surface area contributed by atoms with Crippen LogP contribution in [-0.4, -0.2) is 35.0 Å². The lowest BCUT2D eigenvalue weighted by Crippen LogP contribution is -2.65. The Bertz CT molecular complexity index is 798. The zero-order valence-electron chi connectivity index (χ0n) is 14.7. The van der Waals surface area contributed by atoms with Crippen molar-refractivity contribution in [2.45, 2.75) is 45.8 Å². The molecular formula is C19H22N2O4. The highest BCUT2D eigenvalue weighted by Crippen LogP contribution is 2.53. The number of aromatic nitrogens is 2. The first-order valence-corrected chi connectivity index (χ1v) is 8.70. The quantitative estimate of drug-likeness (QED) is 0.796. The molecule has 2 fully saturated rings. The predicted octanol–water partition coefficient (Wildman–Crippen LogP) is 3.41. The zero-order valence-corrected chi connectivity index (χ0v) is 14.7. The minimum Gasteiger partial charge on any atom is -0.458 e. The molecule has 1 aliphatic carbocycles. The molecule has 1 aromatic heterocycles. The summed E-state index contributed by atoms with van der Waals surface area (Å²) in [5, 5.41) is 7.82. The average molecular weight is 342 g/mol. The molecule has 1 aromatic carbocycles. The van der Waals surface area contributed by atoms with Crippen molar-refractivity contribution in [2.24, 2.45) is 11.3 Å². The Kier molecular flexibility index (Phi) is 3.87. The Morgan fingerprint density at radius 2 is 2.16 bits per heavy atom. The largest absolute Gasteiger partial charge is 0.458 e. The summed E-state index contributed by atoms with van der Waals surface area (Å²) in [4.78, 5) is 12.7. The molecule has 25 heavy (non-hydrogen) atoms. The molecule has 0 radical (unpaired) electrons. The minimum absolute atomic E-state index is 0.111. The molecule has 132 valence electrons. The maximum absolute atomic E-state index is 12.7. The lowest BCUT2D eigenvalue weighted by Gasteiger charge is -2.58. The van der Waals surface area contributed by atoms with Crippen LogP contribution in [0.25, 0.3) is 11.5 Å². The summed E-state index contributed by atoms with van der Waals surface area (Å²) in [7, 11) is 0. The van der Waals surface area contributed by atoms with E-state index in [0.29, 0.717) is 28.8 Å². The summed E-state index contributed by atoms with van der Waals surface area (Å²) in [6, 6.07) is 7.11. The number of carbonyl (C=O) groups is 1. The van der Waals surface area contributed by atoms with Crippen LogP contribution in [0.5, 0.6) is 0 Å². The van der Waals surface area contributed by atoms with Gasteiger partial charge < -0.3 is 13.9 Å². The van der Waals surface area contributed by atoms with Gasteiger partial charge in [0, 0.05) is 30.4 Å². The van der Waals surface area contributed by atoms with E-state index in [9.17, 15) is 4.79 Å². The maximum Gasteiger partial charge on any atom is 0.338 e. The van der Waals surface area contributed by atoms with Crippen molar-refractivity contribution in [1.29, 1.82) is 0 Å². The smallest absolute Gasteiger partial charge is 0.338 e. The van der Waals surface area contributed by atoms with E-state index >= 15 is 0 Å². The molecule has 3 atom stereocenters. The van der Waals surface area contributed by atoms with Crippen molar-refractivity contribution in [3.05, 3.63) is 35.7 Å². The number of carbonyl (C=O) groups excluding carboxylic acids is 1. The fourth-order valence-electron chi connectivity index (χ4n) is 4.09. The van der Waals surface area contributed by atoms with E-state index in [4.69, 9.17) is 13.9 Å². The normalized spacial score (nSPS) is 27.2. The first-order chi connectivity index (χ1) is 12.0. The van der Waals surface area contributed by atoms with E-state index in [0.717, 1.165) is 19.4 Å². The number of benzene rings is 1. The van der Waals surface area contributed by atoms with Crippen LogP contribution in [0.2, 0.25) is 0 Å². The number of hydrogen-bond donors (Lipinski definition) is 0. The van der Waals surface area contributed by atoms with E-state index in [2.05, 4.69) is 24.0 Å². The zero-order chi connectivity index (χ0) is 17.6. The van der Waals surface area contributed by atoms with Gasteiger partial charge in [0.1, 0.15) is 6.10 Å². The van der Waals surface area contributed by atoms with Gasteiger partial charge in [0.15, 0.2) is 0 Å². The standard InChI is InChI=1S/C19H22N2O4/c1-11-20-21-17(24-11)12-6-4-7-13(10-12)18(22)25-16-14-8-5-9-23-15(14)19(16,2)3/h4,6-7,10,14-16H,5,8-9H2,1-3H3/t14-,15-,16+/m0/s1. The molecule has 1 saturated heterocycles. The van der Waals surface area contributed by atoms with Crippen LogP contribution in [0.4, 0.5) is 0 Å². The maximum atomic E-state index is 12.7. The first kappa shape index (κ1) is 16.3. The van der Waals surface area contributed by atoms with Crippen LogP contribution in [-0.2, 0) is 9.47 Å². The van der Waals surface area contributed by atoms with Crippen molar-refractivity contribution in [1.82, 2.24) is 10.2 Å². The second-order valence-corrected chi connectivity index (χ2v) is 7.45. The van der Waals surface area contributed by atoms with Crippen molar-refractivity contribution < 1.29 is 18.7 Å². The summed E-state index contributed by atoms with van der Waals surface area (Å²) >= 11 is 0. The van der Waals surface area contributed by atoms with Crippen LogP contribution in [0.3, 0.4) is 0 Å². The van der Waals surface area contributed by atoms with Crippen LogP contribution < -0.4 is 0 Å². The molecule has 2 aromatic rings. The summed E-state index contributed by atoms with van der Waals surface area (Å²) in [5.41, 5.74) is 1.05. The van der Waals surface area contributed by atoms with Crippen LogP contribution in [0.15, 0.2) is 28.7 Å². The fourth-order valence-corrected chi connectivity index (χ4v) is 4.09. The van der Waals surface area contributed by atoms with Crippen molar-refractivity contribution in [2.75, 3.05) is 6.61 Å². The predicted molar refractivity (Wildman–Crippen MR) is 89.9 cm³/mol. The average Bonchev–Trinajstić information content (AvgIpc) is 3.06. The monoisotopic (exact) mass is 342 g/mol. The third-order valence-electron chi connectivity index (χ3n) is 5.33. The first-order valence-electron chi connectivity index (χ1n) is 8.70. The summed E-state index contributed by atoms with van der Waals surface area (Å²) in [5.74, 6) is 0.870. The lowest BCUT2D eigenvalue weighted by molar-refractivity contribution is -0.243. The minimum atomic E-state index is -0.319. The third-order valence-corrected chi connectivity index (χ3v) is 5.33. The highest BCUT2D eigenvalue weighted by molar-refractivity contribution is 5.90. The number of nitrogens with zero attached hydrogens (tertiary/aromatic N) is 2. The molecule has 2 aliphatic rings. The molecule has 2 heterocycles. The molecule has 6 nitrogen and oxygen atoms in total. The summed E-state index contributed by atoms with van der Waals surface area (Å²) < 4.78 is 17.2. The number of aryl methyl sites for hydroxylation is 1. The molecule has 1 saturated carbocycles. The van der Waals surface area contributed by atoms with E-state index in [1.54, 1.807) is 25.1 Å². The number of fused-ring (bicyclic) bond motifs is 1. The van der Waals surface area contributed by atoms with Crippen LogP contribution >= 0.6 is 0 Å². The fraction of sp³-hybridized carbons (Fsp3) is 0.526. The Hall–Kier alpha value is -2.21. The number of hydrogen-bond acceptors (Lipinski definition) is 6. The lowest BCUT2D eigenvalue weighted by atomic mass is 9.57. The number of ether oxygens (including phenoxy) is 2. The Labute approximate surface area is 146 Å². The van der Waals surface area contributed by atoms with E-state index < -0.39 is 0 Å². The molecule has 1 aliphatic heterocycles. The van der Waals surface area contributed by atoms with Gasteiger partial charge in [-0.3, -0.25) is 0 Å². The van der Waals surface area contributed by atoms with Gasteiger partial charge in [0.25, 0.3) is 0 Å². The number of esters is 1. The van der Waals surface area contributed by atoms with Crippen LogP contribution in [0, 0.1) is 18.3 Å². The third kappa shape index (κ3) is 2.74. The second kappa shape index (κ2) is 5.95. The number of rotatable bonds is 3. The van der Waals surface area contributed by atoms with Gasteiger partial charge in [-0.1, -0.05) is 19.9 Å². The summed E-state index contributed by atoms with van der Waals surface area (Å²) in [6.45, 7) is 6.75. The Balaban J connectivity index is 1.52. The van der Waals surface area contributed by atoms with Crippen molar-refractivity contribution in [3.8, 4) is 11.5 Å². The van der Waals surface area contributed by atoms with Gasteiger partial charge in [-0.05, 0) is 31.0 Å². The van der Waals surface area contributed by atoms with Crippen LogP contribution in [0.1, 0.15) is 42.9 Å². The topological polar surface area (TPSA) is 74.5 Å². The molecule has 0 N–H and O–H groups in total. The Morgan fingerprint density at radius 1 is 1.32 bits per heavy atom.